The van der Waals surface area contributed by atoms with Crippen LogP contribution in [0.4, 0.5) is 0 Å². The molecule has 3 N–H and O–H groups in total. The first-order valence-electron chi connectivity index (χ1n) is 5.48. The van der Waals surface area contributed by atoms with E-state index in [1.165, 1.54) is 4.90 Å². The Morgan fingerprint density at radius 3 is 2.69 bits per heavy atom. The van der Waals surface area contributed by atoms with Crippen LogP contribution >= 0.6 is 0 Å². The highest BCUT2D eigenvalue weighted by Crippen LogP contribution is 2.12. The van der Waals surface area contributed by atoms with Gasteiger partial charge in [0.05, 0.1) is 6.61 Å². The number of aliphatic hydroxyl groups is 3. The first-order chi connectivity index (χ1) is 7.57. The van der Waals surface area contributed by atoms with Gasteiger partial charge >= 0.3 is 0 Å². The van der Waals surface area contributed by atoms with Crippen molar-refractivity contribution in [2.24, 2.45) is 0 Å². The van der Waals surface area contributed by atoms with Crippen LogP contribution in [0.3, 0.4) is 0 Å². The van der Waals surface area contributed by atoms with E-state index in [-0.39, 0.29) is 6.54 Å². The maximum atomic E-state index is 11.5. The molecule has 0 unspecified atom stereocenters. The van der Waals surface area contributed by atoms with Crippen LogP contribution in [0.5, 0.6) is 0 Å². The summed E-state index contributed by atoms with van der Waals surface area (Å²) in [6.07, 6.45) is -3.12. The predicted molar refractivity (Wildman–Crippen MR) is 55.7 cm³/mol. The lowest BCUT2D eigenvalue weighted by Gasteiger charge is -2.36. The van der Waals surface area contributed by atoms with E-state index in [4.69, 9.17) is 4.74 Å². The normalized spacial score (nSPS) is 30.9. The topological polar surface area (TPSA) is 90.2 Å². The zero-order valence-electron chi connectivity index (χ0n) is 9.37. The summed E-state index contributed by atoms with van der Waals surface area (Å²) >= 11 is 0. The minimum Gasteiger partial charge on any atom is -0.388 e. The SMILES string of the molecule is CCCOCCN1C[C@H](O)[C@@H](O)[C@H](O)C1=O. The molecule has 0 saturated carbocycles. The molecule has 3 atom stereocenters. The molecular formula is C10H19NO5. The summed E-state index contributed by atoms with van der Waals surface area (Å²) < 4.78 is 5.21. The summed E-state index contributed by atoms with van der Waals surface area (Å²) in [6.45, 7) is 3.33. The number of carbonyl (C=O) groups excluding carboxylic acids is 1. The minimum atomic E-state index is -1.53. The van der Waals surface area contributed by atoms with Crippen molar-refractivity contribution in [2.75, 3.05) is 26.3 Å². The van der Waals surface area contributed by atoms with Gasteiger partial charge in [0.1, 0.15) is 12.2 Å². The van der Waals surface area contributed by atoms with E-state index in [1.54, 1.807) is 0 Å². The number of likely N-dealkylation sites (tertiary alicyclic amines) is 1. The van der Waals surface area contributed by atoms with Crippen LogP contribution < -0.4 is 0 Å². The van der Waals surface area contributed by atoms with E-state index < -0.39 is 24.2 Å². The van der Waals surface area contributed by atoms with Gasteiger partial charge in [-0.1, -0.05) is 6.92 Å². The highest BCUT2D eigenvalue weighted by Gasteiger charge is 2.39. The third-order valence-electron chi connectivity index (χ3n) is 2.54. The Labute approximate surface area is 94.4 Å². The van der Waals surface area contributed by atoms with Crippen LogP contribution in [0.1, 0.15) is 13.3 Å². The van der Waals surface area contributed by atoms with Crippen molar-refractivity contribution in [1.29, 1.82) is 0 Å². The number of aliphatic hydroxyl groups excluding tert-OH is 3. The number of ether oxygens (including phenoxy) is 1. The van der Waals surface area contributed by atoms with Crippen LogP contribution in [0.25, 0.3) is 0 Å². The van der Waals surface area contributed by atoms with Gasteiger partial charge in [0, 0.05) is 19.7 Å². The van der Waals surface area contributed by atoms with Crippen molar-refractivity contribution < 1.29 is 24.9 Å². The highest BCUT2D eigenvalue weighted by atomic mass is 16.5. The average molecular weight is 233 g/mol. The van der Waals surface area contributed by atoms with Crippen molar-refractivity contribution >= 4 is 5.91 Å². The second kappa shape index (κ2) is 6.15. The minimum absolute atomic E-state index is 0.0343. The number of rotatable bonds is 5. The molecule has 1 saturated heterocycles. The summed E-state index contributed by atoms with van der Waals surface area (Å²) in [7, 11) is 0. The summed E-state index contributed by atoms with van der Waals surface area (Å²) in [5.41, 5.74) is 0. The molecule has 0 aromatic carbocycles. The fraction of sp³-hybridized carbons (Fsp3) is 0.900. The number of hydrogen-bond donors (Lipinski definition) is 3. The van der Waals surface area contributed by atoms with Gasteiger partial charge in [0.15, 0.2) is 6.10 Å². The third kappa shape index (κ3) is 3.15. The fourth-order valence-electron chi connectivity index (χ4n) is 1.59. The van der Waals surface area contributed by atoms with Crippen molar-refractivity contribution in [3.05, 3.63) is 0 Å². The molecule has 1 amide bonds. The van der Waals surface area contributed by atoms with E-state index in [2.05, 4.69) is 0 Å². The van der Waals surface area contributed by atoms with Crippen molar-refractivity contribution in [3.8, 4) is 0 Å². The largest absolute Gasteiger partial charge is 0.388 e. The second-order valence-corrected chi connectivity index (χ2v) is 3.90. The third-order valence-corrected chi connectivity index (χ3v) is 2.54. The fourth-order valence-corrected chi connectivity index (χ4v) is 1.59. The van der Waals surface area contributed by atoms with Gasteiger partial charge in [0.2, 0.25) is 0 Å². The molecule has 1 heterocycles. The van der Waals surface area contributed by atoms with E-state index in [1.807, 2.05) is 6.92 Å². The highest BCUT2D eigenvalue weighted by molar-refractivity contribution is 5.82. The molecule has 94 valence electrons. The van der Waals surface area contributed by atoms with Gasteiger partial charge in [-0.05, 0) is 6.42 Å². The molecule has 1 aliphatic heterocycles. The van der Waals surface area contributed by atoms with Gasteiger partial charge in [-0.25, -0.2) is 0 Å². The Hall–Kier alpha value is -0.690. The first-order valence-corrected chi connectivity index (χ1v) is 5.48. The molecule has 1 fully saturated rings. The number of hydrogen-bond acceptors (Lipinski definition) is 5. The van der Waals surface area contributed by atoms with Crippen LogP contribution in [-0.4, -0.2) is 70.7 Å². The maximum Gasteiger partial charge on any atom is 0.254 e. The quantitative estimate of drug-likeness (QED) is 0.494. The van der Waals surface area contributed by atoms with Gasteiger partial charge in [-0.2, -0.15) is 0 Å². The van der Waals surface area contributed by atoms with Crippen molar-refractivity contribution in [3.63, 3.8) is 0 Å². The zero-order valence-corrected chi connectivity index (χ0v) is 9.37. The lowest BCUT2D eigenvalue weighted by Crippen LogP contribution is -2.59. The molecule has 0 aromatic rings. The molecule has 1 rings (SSSR count). The number of nitrogens with zero attached hydrogens (tertiary/aromatic N) is 1. The Bertz CT molecular complexity index is 235. The zero-order chi connectivity index (χ0) is 12.1. The Balaban J connectivity index is 2.39. The van der Waals surface area contributed by atoms with E-state index in [0.29, 0.717) is 19.8 Å². The maximum absolute atomic E-state index is 11.5. The van der Waals surface area contributed by atoms with E-state index >= 15 is 0 Å². The predicted octanol–water partition coefficient (Wildman–Crippen LogP) is -1.66. The summed E-state index contributed by atoms with van der Waals surface area (Å²) in [5, 5.41) is 28.0. The molecule has 1 aliphatic rings. The smallest absolute Gasteiger partial charge is 0.254 e. The molecule has 0 bridgehead atoms. The summed E-state index contributed by atoms with van der Waals surface area (Å²) in [6, 6.07) is 0. The molecule has 16 heavy (non-hydrogen) atoms. The molecule has 6 heteroatoms. The first kappa shape index (κ1) is 13.4. The summed E-state index contributed by atoms with van der Waals surface area (Å²) in [4.78, 5) is 12.8. The lowest BCUT2D eigenvalue weighted by atomic mass is 10.0. The van der Waals surface area contributed by atoms with E-state index in [0.717, 1.165) is 6.42 Å². The van der Waals surface area contributed by atoms with Gasteiger partial charge < -0.3 is 25.0 Å². The Morgan fingerprint density at radius 2 is 2.06 bits per heavy atom. The molecular weight excluding hydrogens is 214 g/mol. The van der Waals surface area contributed by atoms with Gasteiger partial charge in [-0.15, -0.1) is 0 Å². The van der Waals surface area contributed by atoms with Crippen LogP contribution in [0.15, 0.2) is 0 Å². The number of β-amino-alcohol motifs (C(OH)–C–C–N with tert-alkyl or cyclic N) is 1. The Kier molecular flexibility index (Phi) is 5.14. The monoisotopic (exact) mass is 233 g/mol. The standard InChI is InChI=1S/C10H19NO5/c1-2-4-16-5-3-11-6-7(12)8(13)9(14)10(11)15/h7-9,12-14H,2-6H2,1H3/t7-,8+,9-/m0/s1. The number of amides is 1. The number of carbonyl (C=O) groups is 1. The average Bonchev–Trinajstić information content (AvgIpc) is 2.28. The summed E-state index contributed by atoms with van der Waals surface area (Å²) in [5.74, 6) is -0.558. The van der Waals surface area contributed by atoms with Crippen LogP contribution in [0.2, 0.25) is 0 Å². The molecule has 6 nitrogen and oxygen atoms in total. The molecule has 0 aliphatic carbocycles. The van der Waals surface area contributed by atoms with Crippen LogP contribution in [0, 0.1) is 0 Å². The van der Waals surface area contributed by atoms with Gasteiger partial charge in [0.25, 0.3) is 5.91 Å². The molecule has 0 radical (unpaired) electrons. The van der Waals surface area contributed by atoms with Crippen LogP contribution in [-0.2, 0) is 9.53 Å². The van der Waals surface area contributed by atoms with E-state index in [9.17, 15) is 20.1 Å². The van der Waals surface area contributed by atoms with Gasteiger partial charge in [-0.3, -0.25) is 4.79 Å². The molecule has 0 spiro atoms. The Morgan fingerprint density at radius 1 is 1.38 bits per heavy atom. The lowest BCUT2D eigenvalue weighted by molar-refractivity contribution is -0.166. The molecule has 0 aromatic heterocycles. The van der Waals surface area contributed by atoms with Crippen molar-refractivity contribution in [1.82, 2.24) is 4.90 Å². The number of piperidine rings is 1. The van der Waals surface area contributed by atoms with Crippen molar-refractivity contribution in [2.45, 2.75) is 31.7 Å². The second-order valence-electron chi connectivity index (χ2n) is 3.90.